The molecule has 3 N–H and O–H groups in total. The Hall–Kier alpha value is -3.49. The van der Waals surface area contributed by atoms with Crippen molar-refractivity contribution in [1.29, 1.82) is 5.41 Å². The van der Waals surface area contributed by atoms with Crippen LogP contribution >= 0.6 is 0 Å². The van der Waals surface area contributed by atoms with Crippen LogP contribution in [0.1, 0.15) is 52.9 Å². The summed E-state index contributed by atoms with van der Waals surface area (Å²) in [7, 11) is 0. The first-order valence-electron chi connectivity index (χ1n) is 11.0. The average Bonchev–Trinajstić information content (AvgIpc) is 3.35. The highest BCUT2D eigenvalue weighted by atomic mass is 16.5. The van der Waals surface area contributed by atoms with Crippen LogP contribution in [0.4, 0.5) is 0 Å². The number of phenolic OH excluding ortho intramolecular Hbond substituents is 1. The second-order valence-electron chi connectivity index (χ2n) is 8.04. The molecule has 1 saturated heterocycles. The molecule has 8 heteroatoms. The number of aromatic hydroxyl groups is 1. The summed E-state index contributed by atoms with van der Waals surface area (Å²) in [6, 6.07) is 13.3. The van der Waals surface area contributed by atoms with Crippen LogP contribution in [0.5, 0.6) is 5.75 Å². The van der Waals surface area contributed by atoms with Crippen LogP contribution < -0.4 is 5.32 Å². The van der Waals surface area contributed by atoms with Crippen molar-refractivity contribution in [3.05, 3.63) is 83.6 Å². The zero-order chi connectivity index (χ0) is 23.2. The van der Waals surface area contributed by atoms with Crippen molar-refractivity contribution in [3.8, 4) is 5.75 Å². The quantitative estimate of drug-likeness (QED) is 0.453. The minimum Gasteiger partial charge on any atom is -0.508 e. The van der Waals surface area contributed by atoms with Gasteiger partial charge in [0.05, 0.1) is 25.3 Å². The molecule has 0 aliphatic carbocycles. The highest BCUT2D eigenvalue weighted by Crippen LogP contribution is 2.28. The number of rotatable bonds is 8. The molecule has 33 heavy (non-hydrogen) atoms. The molecule has 1 fully saturated rings. The van der Waals surface area contributed by atoms with Crippen molar-refractivity contribution in [1.82, 2.24) is 15.2 Å². The number of hydrogen-bond acceptors (Lipinski definition) is 7. The molecule has 0 bridgehead atoms. The van der Waals surface area contributed by atoms with E-state index >= 15 is 0 Å². The predicted octanol–water partition coefficient (Wildman–Crippen LogP) is 3.70. The molecule has 0 saturated carbocycles. The van der Waals surface area contributed by atoms with Gasteiger partial charge in [-0.2, -0.15) is 0 Å². The van der Waals surface area contributed by atoms with E-state index < -0.39 is 11.9 Å². The first-order chi connectivity index (χ1) is 16.0. The van der Waals surface area contributed by atoms with Gasteiger partial charge in [-0.05, 0) is 31.2 Å². The van der Waals surface area contributed by atoms with Gasteiger partial charge in [-0.3, -0.25) is 14.7 Å². The Morgan fingerprint density at radius 3 is 2.70 bits per heavy atom. The number of carbonyl (C=O) groups is 1. The number of hydrogen-bond donors (Lipinski definition) is 3. The van der Waals surface area contributed by atoms with E-state index in [2.05, 4.69) is 15.2 Å². The lowest BCUT2D eigenvalue weighted by Gasteiger charge is -2.31. The summed E-state index contributed by atoms with van der Waals surface area (Å²) < 4.78 is 11.3. The number of nitrogens with zero attached hydrogens (tertiary/aromatic N) is 2. The highest BCUT2D eigenvalue weighted by molar-refractivity contribution is 5.99. The summed E-state index contributed by atoms with van der Waals surface area (Å²) in [5.41, 5.74) is 1.50. The first kappa shape index (κ1) is 22.7. The monoisotopic (exact) mass is 448 g/mol. The average molecular weight is 449 g/mol. The second-order valence-corrected chi connectivity index (χ2v) is 8.04. The standard InChI is InChI=1S/C25H28N4O4/c1-17(29-11-13-32-14-12-29)23-8-9-24(33-23)25(31)28-21(19-6-2-3-7-22(19)30)15-20(26)18-5-4-10-27-16-18/h2-10,16-17,21,26,30H,11-15H2,1H3,(H,28,31). The minimum absolute atomic E-state index is 0.0307. The van der Waals surface area contributed by atoms with Crippen LogP contribution in [0.3, 0.4) is 0 Å². The molecular formula is C25H28N4O4. The maximum Gasteiger partial charge on any atom is 0.287 e. The van der Waals surface area contributed by atoms with Gasteiger partial charge in [0.15, 0.2) is 5.76 Å². The van der Waals surface area contributed by atoms with Crippen LogP contribution in [-0.4, -0.2) is 52.9 Å². The van der Waals surface area contributed by atoms with Crippen molar-refractivity contribution in [2.75, 3.05) is 26.3 Å². The molecule has 1 amide bonds. The number of pyridine rings is 1. The SMILES string of the molecule is CC(c1ccc(C(=O)NC(CC(=N)c2cccnc2)c2ccccc2O)o1)N1CCOCC1. The number of phenols is 1. The molecular weight excluding hydrogens is 420 g/mol. The molecule has 2 aromatic heterocycles. The van der Waals surface area contributed by atoms with Crippen molar-refractivity contribution >= 4 is 11.6 Å². The van der Waals surface area contributed by atoms with E-state index in [1.54, 1.807) is 54.9 Å². The molecule has 0 spiro atoms. The van der Waals surface area contributed by atoms with Crippen LogP contribution in [0.15, 0.2) is 65.3 Å². The number of ether oxygens (including phenoxy) is 1. The van der Waals surface area contributed by atoms with Gasteiger partial charge in [-0.15, -0.1) is 0 Å². The Morgan fingerprint density at radius 2 is 1.97 bits per heavy atom. The van der Waals surface area contributed by atoms with Gasteiger partial charge in [-0.1, -0.05) is 24.3 Å². The van der Waals surface area contributed by atoms with Crippen LogP contribution in [0.25, 0.3) is 0 Å². The molecule has 3 aromatic rings. The van der Waals surface area contributed by atoms with E-state index in [1.165, 1.54) is 0 Å². The second kappa shape index (κ2) is 10.4. The summed E-state index contributed by atoms with van der Waals surface area (Å²) in [4.78, 5) is 19.4. The third-order valence-corrected chi connectivity index (χ3v) is 5.89. The topological polar surface area (TPSA) is 112 Å². The molecule has 172 valence electrons. The smallest absolute Gasteiger partial charge is 0.287 e. The summed E-state index contributed by atoms with van der Waals surface area (Å²) in [5.74, 6) is 0.563. The number of nitrogens with one attached hydrogen (secondary N) is 2. The number of carbonyl (C=O) groups excluding carboxylic acids is 1. The van der Waals surface area contributed by atoms with Gasteiger partial charge in [0.2, 0.25) is 0 Å². The molecule has 2 atom stereocenters. The molecule has 1 aliphatic heterocycles. The molecule has 3 heterocycles. The van der Waals surface area contributed by atoms with Gasteiger partial charge in [0.25, 0.3) is 5.91 Å². The van der Waals surface area contributed by atoms with Gasteiger partial charge in [0.1, 0.15) is 11.5 Å². The maximum atomic E-state index is 13.1. The van der Waals surface area contributed by atoms with Crippen LogP contribution in [0, 0.1) is 5.41 Å². The van der Waals surface area contributed by atoms with Crippen molar-refractivity contribution in [2.45, 2.75) is 25.4 Å². The number of para-hydroxylation sites is 1. The molecule has 1 aliphatic rings. The number of benzene rings is 1. The van der Waals surface area contributed by atoms with Gasteiger partial charge in [-0.25, -0.2) is 0 Å². The van der Waals surface area contributed by atoms with E-state index in [4.69, 9.17) is 14.6 Å². The molecule has 0 radical (unpaired) electrons. The van der Waals surface area contributed by atoms with Crippen LogP contribution in [0.2, 0.25) is 0 Å². The summed E-state index contributed by atoms with van der Waals surface area (Å²) in [6.45, 7) is 5.04. The predicted molar refractivity (Wildman–Crippen MR) is 124 cm³/mol. The number of morpholine rings is 1. The van der Waals surface area contributed by atoms with E-state index in [1.807, 2.05) is 13.0 Å². The third-order valence-electron chi connectivity index (χ3n) is 5.89. The lowest BCUT2D eigenvalue weighted by atomic mass is 9.97. The zero-order valence-electron chi connectivity index (χ0n) is 18.5. The Kier molecular flexibility index (Phi) is 7.16. The Morgan fingerprint density at radius 1 is 1.18 bits per heavy atom. The summed E-state index contributed by atoms with van der Waals surface area (Å²) >= 11 is 0. The molecule has 8 nitrogen and oxygen atoms in total. The molecule has 1 aromatic carbocycles. The third kappa shape index (κ3) is 5.47. The largest absolute Gasteiger partial charge is 0.508 e. The van der Waals surface area contributed by atoms with Crippen molar-refractivity contribution < 1.29 is 19.1 Å². The lowest BCUT2D eigenvalue weighted by Crippen LogP contribution is -2.37. The fourth-order valence-electron chi connectivity index (χ4n) is 3.96. The van der Waals surface area contributed by atoms with Gasteiger partial charge < -0.3 is 25.0 Å². The Balaban J connectivity index is 1.51. The number of amides is 1. The number of furan rings is 1. The maximum absolute atomic E-state index is 13.1. The zero-order valence-corrected chi connectivity index (χ0v) is 18.5. The fraction of sp³-hybridized carbons (Fsp3) is 0.320. The van der Waals surface area contributed by atoms with Gasteiger partial charge >= 0.3 is 0 Å². The van der Waals surface area contributed by atoms with E-state index in [9.17, 15) is 9.90 Å². The normalized spacial score (nSPS) is 16.2. The number of aromatic nitrogens is 1. The van der Waals surface area contributed by atoms with Crippen LogP contribution in [-0.2, 0) is 4.74 Å². The first-order valence-corrected chi connectivity index (χ1v) is 11.0. The van der Waals surface area contributed by atoms with Gasteiger partial charge in [0, 0.05) is 48.7 Å². The Labute approximate surface area is 192 Å². The minimum atomic E-state index is -0.614. The van der Waals surface area contributed by atoms with E-state index in [0.717, 1.165) is 13.1 Å². The molecule has 2 unspecified atom stereocenters. The molecule has 4 rings (SSSR count). The highest BCUT2D eigenvalue weighted by Gasteiger charge is 2.25. The summed E-state index contributed by atoms with van der Waals surface area (Å²) in [6.07, 6.45) is 3.44. The summed E-state index contributed by atoms with van der Waals surface area (Å²) in [5, 5.41) is 21.8. The Bertz CT molecular complexity index is 1090. The lowest BCUT2D eigenvalue weighted by molar-refractivity contribution is 0.0155. The van der Waals surface area contributed by atoms with Crippen molar-refractivity contribution in [2.24, 2.45) is 0 Å². The van der Waals surface area contributed by atoms with E-state index in [0.29, 0.717) is 35.8 Å². The van der Waals surface area contributed by atoms with E-state index in [-0.39, 0.29) is 24.0 Å². The van der Waals surface area contributed by atoms with Crippen molar-refractivity contribution in [3.63, 3.8) is 0 Å². The fourth-order valence-corrected chi connectivity index (χ4v) is 3.96.